The van der Waals surface area contributed by atoms with Gasteiger partial charge in [0.1, 0.15) is 0 Å². The van der Waals surface area contributed by atoms with E-state index >= 15 is 0 Å². The second-order valence-electron chi connectivity index (χ2n) is 9.17. The van der Waals surface area contributed by atoms with E-state index in [1.807, 2.05) is 42.2 Å². The van der Waals surface area contributed by atoms with Crippen LogP contribution in [0.5, 0.6) is 0 Å². The summed E-state index contributed by atoms with van der Waals surface area (Å²) in [5.41, 5.74) is 5.08. The number of piperazine rings is 1. The molecule has 1 amide bonds. The summed E-state index contributed by atoms with van der Waals surface area (Å²) in [6.45, 7) is 9.76. The van der Waals surface area contributed by atoms with Gasteiger partial charge in [-0.15, -0.1) is 0 Å². The van der Waals surface area contributed by atoms with Crippen molar-refractivity contribution in [2.45, 2.75) is 40.0 Å². The molecule has 33 heavy (non-hydrogen) atoms. The molecule has 0 aliphatic carbocycles. The highest BCUT2D eigenvalue weighted by atomic mass is 16.2. The minimum atomic E-state index is -0.0245. The van der Waals surface area contributed by atoms with E-state index in [1.54, 1.807) is 19.9 Å². The molecule has 4 rings (SSSR count). The summed E-state index contributed by atoms with van der Waals surface area (Å²) in [5, 5.41) is 0. The molecule has 2 aromatic rings. The zero-order chi connectivity index (χ0) is 23.5. The molecule has 2 fully saturated rings. The van der Waals surface area contributed by atoms with E-state index in [2.05, 4.69) is 9.80 Å². The molecule has 0 saturated carbocycles. The fourth-order valence-electron chi connectivity index (χ4n) is 4.89. The molecular weight excluding hydrogens is 414 g/mol. The number of nitrogens with zero attached hydrogens (tertiary/aromatic N) is 3. The van der Waals surface area contributed by atoms with Gasteiger partial charge in [-0.25, -0.2) is 0 Å². The number of piperidine rings is 1. The predicted octanol–water partition coefficient (Wildman–Crippen LogP) is 4.35. The smallest absolute Gasteiger partial charge is 0.256 e. The average Bonchev–Trinajstić information content (AvgIpc) is 2.83. The van der Waals surface area contributed by atoms with E-state index < -0.39 is 0 Å². The van der Waals surface area contributed by atoms with Gasteiger partial charge in [-0.1, -0.05) is 0 Å². The number of rotatable bonds is 5. The lowest BCUT2D eigenvalue weighted by Crippen LogP contribution is -2.49. The van der Waals surface area contributed by atoms with Crippen LogP contribution < -0.4 is 9.80 Å². The SMILES string of the molecule is CC(=O)c1ccc(N2CCN(C(=O)c3cc(C(C)=O)ccc3N3CCCCC3)CC2)c(C)c1. The molecule has 174 valence electrons. The molecule has 0 N–H and O–H groups in total. The first-order chi connectivity index (χ1) is 15.8. The fraction of sp³-hybridized carbons (Fsp3) is 0.444. The van der Waals surface area contributed by atoms with Gasteiger partial charge in [-0.05, 0) is 82.0 Å². The Balaban J connectivity index is 1.52. The van der Waals surface area contributed by atoms with Crippen LogP contribution in [0, 0.1) is 6.92 Å². The maximum atomic E-state index is 13.6. The topological polar surface area (TPSA) is 60.9 Å². The number of hydrogen-bond donors (Lipinski definition) is 0. The molecule has 0 radical (unpaired) electrons. The quantitative estimate of drug-likeness (QED) is 0.638. The molecule has 6 heteroatoms. The highest BCUT2D eigenvalue weighted by molar-refractivity contribution is 6.03. The van der Waals surface area contributed by atoms with Crippen LogP contribution in [-0.2, 0) is 0 Å². The minimum Gasteiger partial charge on any atom is -0.371 e. The first-order valence-electron chi connectivity index (χ1n) is 11.9. The molecule has 0 spiro atoms. The summed E-state index contributed by atoms with van der Waals surface area (Å²) in [6, 6.07) is 11.4. The van der Waals surface area contributed by atoms with E-state index in [9.17, 15) is 14.4 Å². The Labute approximate surface area is 196 Å². The van der Waals surface area contributed by atoms with Crippen molar-refractivity contribution in [3.63, 3.8) is 0 Å². The number of benzene rings is 2. The molecule has 2 aliphatic heterocycles. The van der Waals surface area contributed by atoms with Crippen molar-refractivity contribution in [1.29, 1.82) is 0 Å². The van der Waals surface area contributed by atoms with Gasteiger partial charge >= 0.3 is 0 Å². The van der Waals surface area contributed by atoms with Crippen molar-refractivity contribution < 1.29 is 14.4 Å². The number of anilines is 2. The Morgan fingerprint density at radius 3 is 1.79 bits per heavy atom. The fourth-order valence-corrected chi connectivity index (χ4v) is 4.89. The molecule has 0 atom stereocenters. The van der Waals surface area contributed by atoms with Gasteiger partial charge in [0.2, 0.25) is 0 Å². The Bertz CT molecular complexity index is 1060. The maximum Gasteiger partial charge on any atom is 0.256 e. The van der Waals surface area contributed by atoms with Crippen molar-refractivity contribution in [2.75, 3.05) is 49.1 Å². The van der Waals surface area contributed by atoms with Crippen LogP contribution in [0.2, 0.25) is 0 Å². The summed E-state index contributed by atoms with van der Waals surface area (Å²) < 4.78 is 0. The van der Waals surface area contributed by atoms with Gasteiger partial charge in [0.05, 0.1) is 5.56 Å². The molecule has 2 saturated heterocycles. The van der Waals surface area contributed by atoms with Gasteiger partial charge in [-0.3, -0.25) is 14.4 Å². The molecule has 2 heterocycles. The third kappa shape index (κ3) is 4.95. The number of carbonyl (C=O) groups excluding carboxylic acids is 3. The number of carbonyl (C=O) groups is 3. The zero-order valence-electron chi connectivity index (χ0n) is 19.9. The van der Waals surface area contributed by atoms with E-state index in [0.717, 1.165) is 61.5 Å². The van der Waals surface area contributed by atoms with Crippen LogP contribution in [0.3, 0.4) is 0 Å². The van der Waals surface area contributed by atoms with Gasteiger partial charge in [0.25, 0.3) is 5.91 Å². The second kappa shape index (κ2) is 9.77. The van der Waals surface area contributed by atoms with Gasteiger partial charge in [0.15, 0.2) is 11.6 Å². The van der Waals surface area contributed by atoms with Gasteiger partial charge in [0, 0.05) is 61.8 Å². The number of aryl methyl sites for hydroxylation is 1. The standard InChI is InChI=1S/C27H33N3O3/c1-19-17-22(20(2)31)7-9-25(19)29-13-15-30(16-14-29)27(33)24-18-23(21(3)32)8-10-26(24)28-11-5-4-6-12-28/h7-10,17-18H,4-6,11-16H2,1-3H3. The van der Waals surface area contributed by atoms with Crippen molar-refractivity contribution in [1.82, 2.24) is 4.90 Å². The van der Waals surface area contributed by atoms with E-state index in [1.165, 1.54) is 6.42 Å². The van der Waals surface area contributed by atoms with E-state index in [0.29, 0.717) is 24.2 Å². The van der Waals surface area contributed by atoms with E-state index in [-0.39, 0.29) is 17.5 Å². The Kier molecular flexibility index (Phi) is 6.82. The average molecular weight is 448 g/mol. The van der Waals surface area contributed by atoms with Crippen LogP contribution in [0.4, 0.5) is 11.4 Å². The summed E-state index contributed by atoms with van der Waals surface area (Å²) in [5.74, 6) is 0.0443. The monoisotopic (exact) mass is 447 g/mol. The van der Waals surface area contributed by atoms with Gasteiger partial charge in [-0.2, -0.15) is 0 Å². The second-order valence-corrected chi connectivity index (χ2v) is 9.17. The Morgan fingerprint density at radius 1 is 0.667 bits per heavy atom. The molecule has 0 bridgehead atoms. The van der Waals surface area contributed by atoms with Gasteiger partial charge < -0.3 is 14.7 Å². The predicted molar refractivity (Wildman–Crippen MR) is 132 cm³/mol. The number of hydrogen-bond acceptors (Lipinski definition) is 5. The highest BCUT2D eigenvalue weighted by Gasteiger charge is 2.27. The van der Waals surface area contributed by atoms with Crippen LogP contribution in [-0.4, -0.2) is 61.6 Å². The molecule has 2 aliphatic rings. The van der Waals surface area contributed by atoms with Crippen LogP contribution >= 0.6 is 0 Å². The zero-order valence-corrected chi connectivity index (χ0v) is 19.9. The Hall–Kier alpha value is -3.15. The Morgan fingerprint density at radius 2 is 1.21 bits per heavy atom. The lowest BCUT2D eigenvalue weighted by atomic mass is 10.0. The van der Waals surface area contributed by atoms with Crippen LogP contribution in [0.1, 0.15) is 69.7 Å². The van der Waals surface area contributed by atoms with Crippen molar-refractivity contribution in [3.05, 3.63) is 58.7 Å². The summed E-state index contributed by atoms with van der Waals surface area (Å²) in [6.07, 6.45) is 3.48. The minimum absolute atomic E-state index is 0.00183. The third-order valence-corrected chi connectivity index (χ3v) is 6.84. The van der Waals surface area contributed by atoms with Crippen LogP contribution in [0.15, 0.2) is 36.4 Å². The van der Waals surface area contributed by atoms with Crippen LogP contribution in [0.25, 0.3) is 0 Å². The van der Waals surface area contributed by atoms with Crippen molar-refractivity contribution in [2.24, 2.45) is 0 Å². The summed E-state index contributed by atoms with van der Waals surface area (Å²) >= 11 is 0. The highest BCUT2D eigenvalue weighted by Crippen LogP contribution is 2.28. The number of amides is 1. The third-order valence-electron chi connectivity index (χ3n) is 6.84. The largest absolute Gasteiger partial charge is 0.371 e. The maximum absolute atomic E-state index is 13.6. The normalized spacial score (nSPS) is 16.6. The lowest BCUT2D eigenvalue weighted by molar-refractivity contribution is 0.0747. The first-order valence-corrected chi connectivity index (χ1v) is 11.9. The molecule has 0 aromatic heterocycles. The van der Waals surface area contributed by atoms with Crippen molar-refractivity contribution in [3.8, 4) is 0 Å². The lowest BCUT2D eigenvalue weighted by Gasteiger charge is -2.38. The molecular formula is C27H33N3O3. The summed E-state index contributed by atoms with van der Waals surface area (Å²) in [7, 11) is 0. The molecule has 0 unspecified atom stereocenters. The molecule has 6 nitrogen and oxygen atoms in total. The number of ketones is 2. The van der Waals surface area contributed by atoms with E-state index in [4.69, 9.17) is 0 Å². The van der Waals surface area contributed by atoms with Crippen molar-refractivity contribution >= 4 is 28.8 Å². The first kappa shape index (κ1) is 23.0. The summed E-state index contributed by atoms with van der Waals surface area (Å²) in [4.78, 5) is 43.8. The molecule has 2 aromatic carbocycles. The number of Topliss-reactive ketones (excluding diaryl/α,β-unsaturated/α-hetero) is 2.